The number of carbonyl (C=O) groups is 2. The van der Waals surface area contributed by atoms with E-state index in [1.165, 1.54) is 17.7 Å². The maximum Gasteiger partial charge on any atom is 0.226 e. The van der Waals surface area contributed by atoms with E-state index in [0.29, 0.717) is 19.4 Å². The van der Waals surface area contributed by atoms with Crippen LogP contribution in [0.3, 0.4) is 0 Å². The van der Waals surface area contributed by atoms with Crippen LogP contribution < -0.4 is 0 Å². The van der Waals surface area contributed by atoms with Crippen molar-refractivity contribution < 1.29 is 9.59 Å². The fourth-order valence-corrected chi connectivity index (χ4v) is 4.66. The van der Waals surface area contributed by atoms with E-state index in [-0.39, 0.29) is 17.7 Å². The minimum Gasteiger partial charge on any atom is -0.343 e. The van der Waals surface area contributed by atoms with Gasteiger partial charge >= 0.3 is 0 Å². The predicted molar refractivity (Wildman–Crippen MR) is 103 cm³/mol. The van der Waals surface area contributed by atoms with Gasteiger partial charge in [0.05, 0.1) is 5.69 Å². The molecule has 2 aliphatic heterocycles. The van der Waals surface area contributed by atoms with Crippen molar-refractivity contribution in [2.45, 2.75) is 57.9 Å². The van der Waals surface area contributed by atoms with E-state index in [2.05, 4.69) is 12.2 Å². The maximum absolute atomic E-state index is 12.8. The topological polar surface area (TPSA) is 58.4 Å². The van der Waals surface area contributed by atoms with Gasteiger partial charge in [-0.1, -0.05) is 12.2 Å². The maximum atomic E-state index is 12.8. The third-order valence-electron chi connectivity index (χ3n) is 6.28. The molecule has 27 heavy (non-hydrogen) atoms. The highest BCUT2D eigenvalue weighted by molar-refractivity contribution is 5.80. The van der Waals surface area contributed by atoms with Crippen molar-refractivity contribution in [3.63, 3.8) is 0 Å². The molecule has 1 saturated heterocycles. The lowest BCUT2D eigenvalue weighted by Gasteiger charge is -2.30. The summed E-state index contributed by atoms with van der Waals surface area (Å²) < 4.78 is 1.95. The van der Waals surface area contributed by atoms with Crippen LogP contribution in [0.1, 0.15) is 55.5 Å². The molecular formula is C21H30N4O2. The van der Waals surface area contributed by atoms with Gasteiger partial charge in [0.25, 0.3) is 0 Å². The lowest BCUT2D eigenvalue weighted by atomic mass is 9.99. The van der Waals surface area contributed by atoms with Crippen molar-refractivity contribution >= 4 is 11.8 Å². The minimum absolute atomic E-state index is 0.118. The quantitative estimate of drug-likeness (QED) is 0.764. The summed E-state index contributed by atoms with van der Waals surface area (Å²) in [4.78, 5) is 29.3. The van der Waals surface area contributed by atoms with E-state index in [1.807, 2.05) is 21.5 Å². The fraction of sp³-hybridized carbons (Fsp3) is 0.667. The Balaban J connectivity index is 1.41. The van der Waals surface area contributed by atoms with Crippen molar-refractivity contribution in [2.24, 2.45) is 13.0 Å². The van der Waals surface area contributed by atoms with Crippen LogP contribution in [0.2, 0.25) is 0 Å². The summed E-state index contributed by atoms with van der Waals surface area (Å²) in [6.45, 7) is 3.22. The second-order valence-electron chi connectivity index (χ2n) is 8.09. The molecule has 0 atom stereocenters. The largest absolute Gasteiger partial charge is 0.343 e. The highest BCUT2D eigenvalue weighted by Gasteiger charge is 2.31. The van der Waals surface area contributed by atoms with Crippen LogP contribution in [0.4, 0.5) is 0 Å². The lowest BCUT2D eigenvalue weighted by Crippen LogP contribution is -2.39. The molecule has 6 heteroatoms. The van der Waals surface area contributed by atoms with Crippen LogP contribution >= 0.6 is 0 Å². The normalized spacial score (nSPS) is 20.2. The number of likely N-dealkylation sites (tertiary alicyclic amines) is 1. The van der Waals surface area contributed by atoms with Crippen LogP contribution in [0, 0.1) is 5.92 Å². The molecule has 2 amide bonds. The Hall–Kier alpha value is -2.11. The zero-order valence-electron chi connectivity index (χ0n) is 16.3. The van der Waals surface area contributed by atoms with Gasteiger partial charge < -0.3 is 9.80 Å². The number of nitrogens with zero attached hydrogens (tertiary/aromatic N) is 4. The molecule has 3 aliphatic rings. The van der Waals surface area contributed by atoms with Gasteiger partial charge in [-0.25, -0.2) is 0 Å². The summed E-state index contributed by atoms with van der Waals surface area (Å²) in [5.41, 5.74) is 3.40. The van der Waals surface area contributed by atoms with E-state index in [9.17, 15) is 9.59 Å². The second-order valence-corrected chi connectivity index (χ2v) is 8.09. The van der Waals surface area contributed by atoms with Gasteiger partial charge in [-0.05, 0) is 32.1 Å². The highest BCUT2D eigenvalue weighted by Crippen LogP contribution is 2.27. The molecule has 0 N–H and O–H groups in total. The number of aromatic nitrogens is 2. The van der Waals surface area contributed by atoms with Crippen molar-refractivity contribution in [1.29, 1.82) is 0 Å². The van der Waals surface area contributed by atoms with Crippen LogP contribution in [0.15, 0.2) is 12.2 Å². The first kappa shape index (κ1) is 18.3. The van der Waals surface area contributed by atoms with E-state index in [1.54, 1.807) is 0 Å². The molecule has 1 aromatic heterocycles. The third kappa shape index (κ3) is 3.80. The molecule has 0 aromatic carbocycles. The number of piperidine rings is 1. The molecule has 6 nitrogen and oxygen atoms in total. The highest BCUT2D eigenvalue weighted by atomic mass is 16.2. The molecule has 1 aromatic rings. The monoisotopic (exact) mass is 370 g/mol. The van der Waals surface area contributed by atoms with Gasteiger partial charge in [0.1, 0.15) is 0 Å². The predicted octanol–water partition coefficient (Wildman–Crippen LogP) is 2.22. The Kier molecular flexibility index (Phi) is 5.32. The third-order valence-corrected chi connectivity index (χ3v) is 6.28. The Morgan fingerprint density at radius 1 is 1.07 bits per heavy atom. The molecule has 0 unspecified atom stereocenters. The van der Waals surface area contributed by atoms with E-state index >= 15 is 0 Å². The molecule has 3 heterocycles. The van der Waals surface area contributed by atoms with E-state index < -0.39 is 0 Å². The first-order chi connectivity index (χ1) is 13.1. The number of amides is 2. The fourth-order valence-electron chi connectivity index (χ4n) is 4.66. The zero-order valence-corrected chi connectivity index (χ0v) is 16.3. The van der Waals surface area contributed by atoms with Crippen molar-refractivity contribution in [3.8, 4) is 0 Å². The number of allylic oxidation sites excluding steroid dienone is 2. The molecule has 146 valence electrons. The van der Waals surface area contributed by atoms with E-state index in [0.717, 1.165) is 57.4 Å². The van der Waals surface area contributed by atoms with Crippen LogP contribution in [0.25, 0.3) is 0 Å². The van der Waals surface area contributed by atoms with Crippen LogP contribution in [0.5, 0.6) is 0 Å². The summed E-state index contributed by atoms with van der Waals surface area (Å²) in [5.74, 6) is 0.632. The lowest BCUT2D eigenvalue weighted by molar-refractivity contribution is -0.136. The summed E-state index contributed by atoms with van der Waals surface area (Å²) in [5, 5.41) is 4.70. The number of fused-ring (bicyclic) bond motifs is 1. The van der Waals surface area contributed by atoms with Crippen molar-refractivity contribution in [3.05, 3.63) is 29.1 Å². The summed E-state index contributed by atoms with van der Waals surface area (Å²) in [6, 6.07) is 0. The first-order valence-electron chi connectivity index (χ1n) is 10.4. The number of hydrogen-bond donors (Lipinski definition) is 0. The van der Waals surface area contributed by atoms with Gasteiger partial charge in [-0.15, -0.1) is 0 Å². The molecule has 1 fully saturated rings. The Morgan fingerprint density at radius 2 is 1.81 bits per heavy atom. The van der Waals surface area contributed by atoms with Crippen molar-refractivity contribution in [1.82, 2.24) is 19.6 Å². The Labute approximate surface area is 161 Å². The van der Waals surface area contributed by atoms with Crippen molar-refractivity contribution in [2.75, 3.05) is 19.6 Å². The molecule has 1 aliphatic carbocycles. The van der Waals surface area contributed by atoms with Gasteiger partial charge in [-0.3, -0.25) is 14.3 Å². The Bertz CT molecular complexity index is 738. The molecular weight excluding hydrogens is 340 g/mol. The molecule has 0 saturated carbocycles. The Morgan fingerprint density at radius 3 is 2.56 bits per heavy atom. The molecule has 0 radical (unpaired) electrons. The molecule has 0 bridgehead atoms. The number of aryl methyl sites for hydroxylation is 2. The smallest absolute Gasteiger partial charge is 0.226 e. The molecule has 0 spiro atoms. The second kappa shape index (κ2) is 7.87. The summed E-state index contributed by atoms with van der Waals surface area (Å²) in [6.07, 6.45) is 11.5. The summed E-state index contributed by atoms with van der Waals surface area (Å²) >= 11 is 0. The number of carbonyl (C=O) groups excluding carboxylic acids is 2. The first-order valence-corrected chi connectivity index (χ1v) is 10.4. The number of rotatable bonds is 4. The average molecular weight is 370 g/mol. The van der Waals surface area contributed by atoms with Gasteiger partial charge in [-0.2, -0.15) is 5.10 Å². The summed E-state index contributed by atoms with van der Waals surface area (Å²) in [7, 11) is 1.98. The van der Waals surface area contributed by atoms with Gasteiger partial charge in [0, 0.05) is 69.7 Å². The van der Waals surface area contributed by atoms with Crippen LogP contribution in [-0.2, 0) is 36.0 Å². The average Bonchev–Trinajstić information content (AvgIpc) is 3.34. The van der Waals surface area contributed by atoms with Gasteiger partial charge in [0.15, 0.2) is 0 Å². The molecule has 4 rings (SSSR count). The van der Waals surface area contributed by atoms with E-state index in [4.69, 9.17) is 5.10 Å². The SMILES string of the molecule is Cn1nc(CCC(=O)N2CCCCC2)c2c1CCN(C(=O)C1CC=CC1)C2. The van der Waals surface area contributed by atoms with Crippen LogP contribution in [-0.4, -0.2) is 51.0 Å². The standard InChI is InChI=1S/C21H30N4O2/c1-23-19-11-14-25(21(27)16-7-3-4-8-16)15-17(19)18(22-23)9-10-20(26)24-12-5-2-6-13-24/h3-4,16H,2,5-15H2,1H3. The van der Waals surface area contributed by atoms with Gasteiger partial charge in [0.2, 0.25) is 11.8 Å². The zero-order chi connectivity index (χ0) is 18.8. The minimum atomic E-state index is 0.118. The number of hydrogen-bond acceptors (Lipinski definition) is 3.